The second-order valence-electron chi connectivity index (χ2n) is 20.6. The van der Waals surface area contributed by atoms with Crippen molar-refractivity contribution in [3.8, 4) is 0 Å². The zero-order valence-corrected chi connectivity index (χ0v) is 17.3. The fraction of sp³-hybridized carbons (Fsp3) is 0.957. The van der Waals surface area contributed by atoms with Gasteiger partial charge in [0.2, 0.25) is 0 Å². The first-order valence-corrected chi connectivity index (χ1v) is 24.8. The number of fused-ring (bicyclic) bond motifs is 21. The Labute approximate surface area is 136 Å². The van der Waals surface area contributed by atoms with Crippen LogP contribution in [-0.2, 0) is 17.8 Å². The number of rotatable bonds is 3. The number of hydrogen-bond acceptors (Lipinski definition) is 2. The molecule has 0 amide bonds. The molecule has 20 rings (SSSR count). The van der Waals surface area contributed by atoms with Crippen LogP contribution in [0.1, 0.15) is 6.92 Å². The van der Waals surface area contributed by atoms with Crippen LogP contribution in [0, 0.1) is 0 Å². The van der Waals surface area contributed by atoms with Gasteiger partial charge in [0.05, 0.1) is 0 Å². The third-order valence-electron chi connectivity index (χ3n) is 31.1. The van der Waals surface area contributed by atoms with Gasteiger partial charge in [0.25, 0.3) is 0 Å². The van der Waals surface area contributed by atoms with E-state index in [-0.39, 0.29) is 6.04 Å². The maximum atomic E-state index is 12.8. The molecule has 27 heavy (non-hydrogen) atoms. The minimum absolute atomic E-state index is 0.0525. The van der Waals surface area contributed by atoms with E-state index in [1.165, 1.54) is 86.2 Å². The second-order valence-corrected chi connectivity index (χ2v) is 67.4. The fourth-order valence-electron chi connectivity index (χ4n) is 36.2. The topological polar surface area (TPSA) is 43.1 Å². The first-order valence-electron chi connectivity index (χ1n) is 12.3. The van der Waals surface area contributed by atoms with Crippen molar-refractivity contribution in [1.29, 1.82) is 0 Å². The molecule has 0 aliphatic carbocycles. The van der Waals surface area contributed by atoms with E-state index >= 15 is 0 Å². The molecule has 20 aliphatic rings. The van der Waals surface area contributed by atoms with Crippen molar-refractivity contribution in [3.05, 3.63) is 0 Å². The van der Waals surface area contributed by atoms with Gasteiger partial charge in [-0.05, 0) is 0 Å². The van der Waals surface area contributed by atoms with E-state index in [2.05, 4.69) is 0 Å². The average Bonchev–Trinajstić information content (AvgIpc) is 3.53. The molecule has 0 bridgehead atoms. The third-order valence-corrected chi connectivity index (χ3v) is 117. The molecule has 142 valence electrons. The summed E-state index contributed by atoms with van der Waals surface area (Å²) in [7, 11) is 0. The van der Waals surface area contributed by atoms with Crippen LogP contribution in [0.2, 0.25) is 94.8 Å². The fourth-order valence-corrected chi connectivity index (χ4v) is 194. The molecule has 20 saturated heterocycles. The molecule has 20 heterocycles. The van der Waals surface area contributed by atoms with Gasteiger partial charge in [-0.2, -0.15) is 0 Å². The molecule has 4 heteroatoms. The van der Waals surface area contributed by atoms with Crippen molar-refractivity contribution in [2.24, 2.45) is 5.73 Å². The molecule has 2 N–H and O–H groups in total. The van der Waals surface area contributed by atoms with Gasteiger partial charge >= 0.3 is 137 Å². The Morgan fingerprint density at radius 1 is 0.741 bits per heavy atom. The molecule has 2 spiro atoms. The van der Waals surface area contributed by atoms with Gasteiger partial charge in [-0.15, -0.1) is 0 Å². The SMILES string of the molecule is CC(=O)C(N)[C]12[CH]3[CH]4[C]5([C]67[CH]8[CH]9[CH]%10[CH]6[Fe]9%10876%11%12%13[CH]7[CH]6[CH]%11[CH]%12[CH]7%13)[CH]1[Fe]34251678[CH]2[CH]1[CH]6[CH]7[CH]28. The van der Waals surface area contributed by atoms with Crippen molar-refractivity contribution in [2.45, 2.75) is 108 Å². The van der Waals surface area contributed by atoms with Gasteiger partial charge < -0.3 is 0 Å². The van der Waals surface area contributed by atoms with Gasteiger partial charge in [0.15, 0.2) is 0 Å². The van der Waals surface area contributed by atoms with Crippen LogP contribution in [-0.4, -0.2) is 11.8 Å². The van der Waals surface area contributed by atoms with Gasteiger partial charge in [-0.3, -0.25) is 0 Å². The molecule has 20 fully saturated rings. The van der Waals surface area contributed by atoms with Crippen LogP contribution < -0.4 is 5.73 Å². The summed E-state index contributed by atoms with van der Waals surface area (Å²) < 4.78 is 2.97. The second kappa shape index (κ2) is 0.640. The number of hydrogen-bond donors (Lipinski definition) is 1. The zero-order chi connectivity index (χ0) is 16.1. The zero-order valence-electron chi connectivity index (χ0n) is 15.1. The van der Waals surface area contributed by atoms with Crippen molar-refractivity contribution in [2.75, 3.05) is 0 Å². The summed E-state index contributed by atoms with van der Waals surface area (Å²) in [6, 6.07) is 0.0525. The molecule has 0 radical (unpaired) electrons. The van der Waals surface area contributed by atoms with E-state index in [1.54, 1.807) is 0 Å². The van der Waals surface area contributed by atoms with Gasteiger partial charge in [0, 0.05) is 0 Å². The quantitative estimate of drug-likeness (QED) is 0.564. The molecular formula is C23H23Fe2NO. The first-order chi connectivity index (χ1) is 12.6. The summed E-state index contributed by atoms with van der Waals surface area (Å²) in [4.78, 5) is 37.2. The van der Waals surface area contributed by atoms with Crippen LogP contribution in [0.25, 0.3) is 0 Å². The van der Waals surface area contributed by atoms with Crippen molar-refractivity contribution in [3.63, 3.8) is 0 Å². The van der Waals surface area contributed by atoms with Crippen LogP contribution in [0.3, 0.4) is 0 Å². The van der Waals surface area contributed by atoms with Crippen LogP contribution in [0.15, 0.2) is 0 Å². The van der Waals surface area contributed by atoms with E-state index in [0.717, 1.165) is 4.31 Å². The van der Waals surface area contributed by atoms with Gasteiger partial charge in [-0.25, -0.2) is 0 Å². The summed E-state index contributed by atoms with van der Waals surface area (Å²) in [5.41, 5.74) is 7.04. The minimum atomic E-state index is -3.53. The molecular weight excluding hydrogens is 418 g/mol. The Morgan fingerprint density at radius 2 is 1.26 bits per heavy atom. The van der Waals surface area contributed by atoms with E-state index in [4.69, 9.17) is 5.73 Å². The number of carbonyl (C=O) groups is 1. The number of ketones is 1. The molecule has 0 aromatic heterocycles. The summed E-state index contributed by atoms with van der Waals surface area (Å²) in [6.45, 7) is -4.68. The molecule has 10 atom stereocenters. The number of Topliss-reactive ketones (excluding diaryl/α,β-unsaturated/α-hetero) is 1. The van der Waals surface area contributed by atoms with Gasteiger partial charge in [-0.1, -0.05) is 0 Å². The molecule has 0 aromatic rings. The molecule has 10 unspecified atom stereocenters. The predicted molar refractivity (Wildman–Crippen MR) is 90.5 cm³/mol. The Balaban J connectivity index is 1.19. The normalized spacial score (nSPS) is 152. The van der Waals surface area contributed by atoms with Gasteiger partial charge in [0.1, 0.15) is 0 Å². The van der Waals surface area contributed by atoms with E-state index in [9.17, 15) is 4.79 Å². The third kappa shape index (κ3) is 0.0771. The van der Waals surface area contributed by atoms with Crippen molar-refractivity contribution in [1.82, 2.24) is 0 Å². The Morgan fingerprint density at radius 3 is 1.56 bits per heavy atom. The van der Waals surface area contributed by atoms with Crippen LogP contribution in [0.4, 0.5) is 0 Å². The molecule has 20 aliphatic heterocycles. The maximum absolute atomic E-state index is 12.8. The van der Waals surface area contributed by atoms with E-state index < -0.39 is 13.0 Å². The predicted octanol–water partition coefficient (Wildman–Crippen LogP) is 5.79. The van der Waals surface area contributed by atoms with E-state index in [0.29, 0.717) is 10.1 Å². The summed E-state index contributed by atoms with van der Waals surface area (Å²) in [5, 5.41) is 0. The standard InChI is InChI=1S/C13H13NO.2C5H5.2Fe/c1-9(15)13(14)12-7-6-11(8-12)10-4-2-3-5-10;2*1-2-4-5-3-1;;/h2-8,13H,14H2,1H3;2*1-5H;;. The van der Waals surface area contributed by atoms with E-state index in [1.807, 2.05) is 6.92 Å². The van der Waals surface area contributed by atoms with Crippen molar-refractivity contribution < 1.29 is 17.8 Å². The van der Waals surface area contributed by atoms with Crippen molar-refractivity contribution >= 4 is 5.78 Å². The van der Waals surface area contributed by atoms with Crippen LogP contribution >= 0.6 is 0 Å². The Bertz CT molecular complexity index is 2130. The molecule has 2 nitrogen and oxygen atoms in total. The summed E-state index contributed by atoms with van der Waals surface area (Å²) in [5.74, 6) is 0.434. The Kier molecular flexibility index (Phi) is 0.214. The number of carbonyl (C=O) groups excluding carboxylic acids is 1. The molecule has 0 saturated carbocycles. The summed E-state index contributed by atoms with van der Waals surface area (Å²) >= 11 is 0. The number of nitrogens with two attached hydrogens (primary N) is 1. The summed E-state index contributed by atoms with van der Waals surface area (Å²) in [6.07, 6.45) is 0. The monoisotopic (exact) mass is 441 g/mol. The Hall–Kier alpha value is 0.669. The average molecular weight is 441 g/mol. The molecule has 0 aromatic carbocycles. The van der Waals surface area contributed by atoms with Crippen LogP contribution in [0.5, 0.6) is 0 Å². The first kappa shape index (κ1) is 9.04.